The molecule has 0 heterocycles. The van der Waals surface area contributed by atoms with Crippen LogP contribution in [0.25, 0.3) is 0 Å². The molecule has 0 radical (unpaired) electrons. The number of ether oxygens (including phenoxy) is 1. The van der Waals surface area contributed by atoms with Gasteiger partial charge in [-0.2, -0.15) is 0 Å². The Morgan fingerprint density at radius 2 is 1.25 bits per heavy atom. The number of rotatable bonds is 6. The normalized spacial score (nSPS) is 11.0. The third-order valence-electron chi connectivity index (χ3n) is 4.30. The van der Waals surface area contributed by atoms with Crippen LogP contribution in [0.2, 0.25) is 0 Å². The number of anilines is 2. The summed E-state index contributed by atoms with van der Waals surface area (Å²) in [6.45, 7) is 12.2. The molecular formula is C23H30N2O3. The summed E-state index contributed by atoms with van der Waals surface area (Å²) in [4.78, 5) is 24.9. The van der Waals surface area contributed by atoms with Crippen molar-refractivity contribution in [2.24, 2.45) is 0 Å². The van der Waals surface area contributed by atoms with Gasteiger partial charge in [-0.15, -0.1) is 0 Å². The maximum Gasteiger partial charge on any atom is 0.314 e. The molecule has 28 heavy (non-hydrogen) atoms. The Morgan fingerprint density at radius 1 is 0.750 bits per heavy atom. The lowest BCUT2D eigenvalue weighted by Gasteiger charge is -2.20. The summed E-state index contributed by atoms with van der Waals surface area (Å²) in [6, 6.07) is 12.9. The first kappa shape index (κ1) is 21.5. The molecule has 0 saturated carbocycles. The van der Waals surface area contributed by atoms with Gasteiger partial charge in [0, 0.05) is 11.4 Å². The minimum absolute atomic E-state index is 0.0717. The van der Waals surface area contributed by atoms with E-state index in [0.29, 0.717) is 11.4 Å². The summed E-state index contributed by atoms with van der Waals surface area (Å²) in [7, 11) is 0. The average Bonchev–Trinajstić information content (AvgIpc) is 2.62. The molecule has 0 fully saturated rings. The third-order valence-corrected chi connectivity index (χ3v) is 4.30. The van der Waals surface area contributed by atoms with Crippen LogP contribution in [0, 0.1) is 0 Å². The number of para-hydroxylation sites is 1. The topological polar surface area (TPSA) is 67.4 Å². The molecule has 0 unspecified atom stereocenters. The Bertz CT molecular complexity index is 798. The molecule has 0 aromatic heterocycles. The quantitative estimate of drug-likeness (QED) is 0.666. The third kappa shape index (κ3) is 5.59. The average molecular weight is 383 g/mol. The van der Waals surface area contributed by atoms with Gasteiger partial charge in [0.2, 0.25) is 0 Å². The molecule has 150 valence electrons. The van der Waals surface area contributed by atoms with Crippen molar-refractivity contribution in [2.75, 3.05) is 10.6 Å². The highest BCUT2D eigenvalue weighted by atomic mass is 16.5. The van der Waals surface area contributed by atoms with Crippen molar-refractivity contribution in [1.82, 2.24) is 0 Å². The largest absolute Gasteiger partial charge is 0.491 e. The monoisotopic (exact) mass is 382 g/mol. The van der Waals surface area contributed by atoms with E-state index < -0.39 is 11.8 Å². The maximum atomic E-state index is 12.5. The van der Waals surface area contributed by atoms with Gasteiger partial charge in [0.15, 0.2) is 0 Å². The minimum Gasteiger partial charge on any atom is -0.491 e. The molecule has 0 aliphatic carbocycles. The van der Waals surface area contributed by atoms with Gasteiger partial charge in [-0.3, -0.25) is 9.59 Å². The van der Waals surface area contributed by atoms with Gasteiger partial charge in [-0.1, -0.05) is 45.9 Å². The Hall–Kier alpha value is -2.82. The highest BCUT2D eigenvalue weighted by Crippen LogP contribution is 2.32. The summed E-state index contributed by atoms with van der Waals surface area (Å²) in [5, 5.41) is 5.46. The minimum atomic E-state index is -0.703. The van der Waals surface area contributed by atoms with Gasteiger partial charge in [0.05, 0.1) is 6.10 Å². The van der Waals surface area contributed by atoms with E-state index in [9.17, 15) is 9.59 Å². The lowest BCUT2D eigenvalue weighted by molar-refractivity contribution is -0.133. The van der Waals surface area contributed by atoms with E-state index in [1.165, 1.54) is 0 Å². The van der Waals surface area contributed by atoms with Crippen LogP contribution < -0.4 is 15.4 Å². The van der Waals surface area contributed by atoms with E-state index >= 15 is 0 Å². The predicted molar refractivity (Wildman–Crippen MR) is 114 cm³/mol. The van der Waals surface area contributed by atoms with Crippen LogP contribution in [0.15, 0.2) is 42.5 Å². The summed E-state index contributed by atoms with van der Waals surface area (Å²) < 4.78 is 5.58. The highest BCUT2D eigenvalue weighted by Gasteiger charge is 2.20. The van der Waals surface area contributed by atoms with Gasteiger partial charge in [-0.05, 0) is 61.1 Å². The Morgan fingerprint density at radius 3 is 1.71 bits per heavy atom. The second kappa shape index (κ2) is 9.40. The van der Waals surface area contributed by atoms with E-state index in [1.54, 1.807) is 24.3 Å². The van der Waals surface area contributed by atoms with Gasteiger partial charge in [0.25, 0.3) is 0 Å². The van der Waals surface area contributed by atoms with Crippen LogP contribution in [0.5, 0.6) is 5.75 Å². The smallest absolute Gasteiger partial charge is 0.314 e. The molecular weight excluding hydrogens is 352 g/mol. The van der Waals surface area contributed by atoms with Crippen LogP contribution in [0.4, 0.5) is 11.4 Å². The van der Waals surface area contributed by atoms with Crippen LogP contribution >= 0.6 is 0 Å². The molecule has 0 saturated heterocycles. The Balaban J connectivity index is 2.13. The number of hydrogen-bond acceptors (Lipinski definition) is 3. The van der Waals surface area contributed by atoms with Crippen molar-refractivity contribution in [3.8, 4) is 5.75 Å². The van der Waals surface area contributed by atoms with Crippen molar-refractivity contribution < 1.29 is 14.3 Å². The van der Waals surface area contributed by atoms with Crippen LogP contribution in [-0.4, -0.2) is 17.9 Å². The molecule has 0 aliphatic heterocycles. The van der Waals surface area contributed by atoms with E-state index in [4.69, 9.17) is 4.74 Å². The van der Waals surface area contributed by atoms with Gasteiger partial charge in [-0.25, -0.2) is 0 Å². The van der Waals surface area contributed by atoms with Gasteiger partial charge < -0.3 is 15.4 Å². The van der Waals surface area contributed by atoms with Crippen LogP contribution in [-0.2, 0) is 9.59 Å². The molecule has 0 bridgehead atoms. The predicted octanol–water partition coefficient (Wildman–Crippen LogP) is 5.30. The number of hydrogen-bond donors (Lipinski definition) is 2. The standard InChI is InChI=1S/C23H30N2O3/c1-14(2)19-8-7-9-20(15(3)4)21(19)25-23(27)22(26)24-17-10-12-18(13-11-17)28-16(5)6/h7-16H,1-6H3,(H,24,26)(H,25,27). The van der Waals surface area contributed by atoms with E-state index in [-0.39, 0.29) is 17.9 Å². The van der Waals surface area contributed by atoms with Crippen molar-refractivity contribution in [3.05, 3.63) is 53.6 Å². The highest BCUT2D eigenvalue weighted by molar-refractivity contribution is 6.43. The second-order valence-corrected chi connectivity index (χ2v) is 7.72. The molecule has 2 rings (SSSR count). The Labute approximate surface area is 167 Å². The number of benzene rings is 2. The van der Waals surface area contributed by atoms with E-state index in [0.717, 1.165) is 16.8 Å². The maximum absolute atomic E-state index is 12.5. The number of carbonyl (C=O) groups excluding carboxylic acids is 2. The molecule has 2 aromatic rings. The molecule has 2 amide bonds. The summed E-state index contributed by atoms with van der Waals surface area (Å²) in [5.74, 6) is -0.218. The first-order valence-electron chi connectivity index (χ1n) is 9.70. The second-order valence-electron chi connectivity index (χ2n) is 7.72. The Kier molecular flexibility index (Phi) is 7.21. The van der Waals surface area contributed by atoms with Crippen LogP contribution in [0.3, 0.4) is 0 Å². The van der Waals surface area contributed by atoms with Crippen LogP contribution in [0.1, 0.15) is 64.5 Å². The first-order chi connectivity index (χ1) is 13.2. The molecule has 0 aliphatic rings. The molecule has 2 aromatic carbocycles. The van der Waals surface area contributed by atoms with Crippen molar-refractivity contribution >= 4 is 23.2 Å². The summed E-state index contributed by atoms with van der Waals surface area (Å²) >= 11 is 0. The number of nitrogens with one attached hydrogen (secondary N) is 2. The SMILES string of the molecule is CC(C)Oc1ccc(NC(=O)C(=O)Nc2c(C(C)C)cccc2C(C)C)cc1. The fraction of sp³-hybridized carbons (Fsp3) is 0.391. The molecule has 5 heteroatoms. The summed E-state index contributed by atoms with van der Waals surface area (Å²) in [5.41, 5.74) is 3.30. The van der Waals surface area contributed by atoms with Gasteiger partial charge >= 0.3 is 11.8 Å². The fourth-order valence-corrected chi connectivity index (χ4v) is 2.94. The molecule has 0 spiro atoms. The lowest BCUT2D eigenvalue weighted by Crippen LogP contribution is -2.30. The van der Waals surface area contributed by atoms with E-state index in [2.05, 4.69) is 38.3 Å². The first-order valence-corrected chi connectivity index (χ1v) is 9.70. The zero-order valence-corrected chi connectivity index (χ0v) is 17.5. The number of amides is 2. The van der Waals surface area contributed by atoms with Gasteiger partial charge in [0.1, 0.15) is 5.75 Å². The molecule has 2 N–H and O–H groups in total. The summed E-state index contributed by atoms with van der Waals surface area (Å²) in [6.07, 6.45) is 0.0717. The number of carbonyl (C=O) groups is 2. The van der Waals surface area contributed by atoms with Crippen molar-refractivity contribution in [2.45, 2.75) is 59.5 Å². The van der Waals surface area contributed by atoms with E-state index in [1.807, 2.05) is 32.0 Å². The lowest BCUT2D eigenvalue weighted by atomic mass is 9.92. The molecule has 0 atom stereocenters. The molecule has 5 nitrogen and oxygen atoms in total. The zero-order valence-electron chi connectivity index (χ0n) is 17.5. The van der Waals surface area contributed by atoms with Crippen molar-refractivity contribution in [3.63, 3.8) is 0 Å². The fourth-order valence-electron chi connectivity index (χ4n) is 2.94. The van der Waals surface area contributed by atoms with Crippen molar-refractivity contribution in [1.29, 1.82) is 0 Å². The zero-order chi connectivity index (χ0) is 20.8.